The predicted octanol–water partition coefficient (Wildman–Crippen LogP) is 3.78. The molecule has 0 fully saturated rings. The fourth-order valence-corrected chi connectivity index (χ4v) is 2.61. The van der Waals surface area contributed by atoms with Crippen molar-refractivity contribution in [2.75, 3.05) is 11.1 Å². The standard InChI is InChI=1S/C15H20N2OS/c1-2-3-4-11-5-7-12(8-6-11)17-15(18)13-9-10-14(16)19-13/h5-10,15,17-18H,2-4,16H2,1H3. The Morgan fingerprint density at radius 2 is 1.95 bits per heavy atom. The van der Waals surface area contributed by atoms with Crippen molar-refractivity contribution in [3.05, 3.63) is 46.8 Å². The first-order chi connectivity index (χ1) is 9.19. The topological polar surface area (TPSA) is 58.3 Å². The van der Waals surface area contributed by atoms with Crippen LogP contribution in [-0.4, -0.2) is 5.11 Å². The zero-order valence-corrected chi connectivity index (χ0v) is 11.9. The molecule has 2 rings (SSSR count). The Morgan fingerprint density at radius 1 is 1.21 bits per heavy atom. The number of hydrogen-bond acceptors (Lipinski definition) is 4. The summed E-state index contributed by atoms with van der Waals surface area (Å²) in [5.74, 6) is 0. The van der Waals surface area contributed by atoms with Crippen LogP contribution in [-0.2, 0) is 6.42 Å². The van der Waals surface area contributed by atoms with Crippen molar-refractivity contribution in [2.24, 2.45) is 0 Å². The van der Waals surface area contributed by atoms with E-state index >= 15 is 0 Å². The number of unbranched alkanes of at least 4 members (excludes halogenated alkanes) is 1. The van der Waals surface area contributed by atoms with Crippen LogP contribution in [0.2, 0.25) is 0 Å². The summed E-state index contributed by atoms with van der Waals surface area (Å²) in [7, 11) is 0. The zero-order valence-electron chi connectivity index (χ0n) is 11.1. The number of nitrogens with two attached hydrogens (primary N) is 1. The number of rotatable bonds is 6. The molecule has 0 amide bonds. The van der Waals surface area contributed by atoms with Crippen LogP contribution in [0.5, 0.6) is 0 Å². The molecule has 0 radical (unpaired) electrons. The smallest absolute Gasteiger partial charge is 0.160 e. The second-order valence-electron chi connectivity index (χ2n) is 4.59. The lowest BCUT2D eigenvalue weighted by molar-refractivity contribution is 0.212. The molecule has 2 aromatic rings. The van der Waals surface area contributed by atoms with Crippen LogP contribution in [0.3, 0.4) is 0 Å². The van der Waals surface area contributed by atoms with Gasteiger partial charge in [-0.2, -0.15) is 0 Å². The maximum absolute atomic E-state index is 10.0. The van der Waals surface area contributed by atoms with Crippen LogP contribution in [0.1, 0.15) is 36.4 Å². The minimum Gasteiger partial charge on any atom is -0.391 e. The van der Waals surface area contributed by atoms with E-state index in [2.05, 4.69) is 24.4 Å². The summed E-state index contributed by atoms with van der Waals surface area (Å²) < 4.78 is 0. The normalized spacial score (nSPS) is 12.3. The SMILES string of the molecule is CCCCc1ccc(NC(O)c2ccc(N)s2)cc1. The quantitative estimate of drug-likeness (QED) is 0.704. The Bertz CT molecular complexity index is 507. The van der Waals surface area contributed by atoms with E-state index < -0.39 is 6.23 Å². The highest BCUT2D eigenvalue weighted by atomic mass is 32.1. The van der Waals surface area contributed by atoms with Crippen LogP contribution in [0.15, 0.2) is 36.4 Å². The van der Waals surface area contributed by atoms with Gasteiger partial charge >= 0.3 is 0 Å². The highest BCUT2D eigenvalue weighted by Crippen LogP contribution is 2.26. The van der Waals surface area contributed by atoms with Crippen molar-refractivity contribution in [1.29, 1.82) is 0 Å². The van der Waals surface area contributed by atoms with E-state index in [0.717, 1.165) is 17.0 Å². The van der Waals surface area contributed by atoms with Crippen LogP contribution in [0, 0.1) is 0 Å². The van der Waals surface area contributed by atoms with Gasteiger partial charge in [0.1, 0.15) is 0 Å². The van der Waals surface area contributed by atoms with Crippen LogP contribution < -0.4 is 11.1 Å². The lowest BCUT2D eigenvalue weighted by Crippen LogP contribution is -2.07. The molecule has 4 N–H and O–H groups in total. The average molecular weight is 276 g/mol. The van der Waals surface area contributed by atoms with E-state index in [9.17, 15) is 5.11 Å². The fourth-order valence-electron chi connectivity index (χ4n) is 1.89. The summed E-state index contributed by atoms with van der Waals surface area (Å²) in [6, 6.07) is 11.9. The molecular weight excluding hydrogens is 256 g/mol. The minimum absolute atomic E-state index is 0.705. The zero-order chi connectivity index (χ0) is 13.7. The predicted molar refractivity (Wildman–Crippen MR) is 82.4 cm³/mol. The number of nitrogens with one attached hydrogen (secondary N) is 1. The third-order valence-electron chi connectivity index (χ3n) is 2.99. The maximum Gasteiger partial charge on any atom is 0.160 e. The number of benzene rings is 1. The molecule has 0 spiro atoms. The summed E-state index contributed by atoms with van der Waals surface area (Å²) in [6.07, 6.45) is 2.83. The Morgan fingerprint density at radius 3 is 2.53 bits per heavy atom. The van der Waals surface area contributed by atoms with Crippen LogP contribution >= 0.6 is 11.3 Å². The molecule has 0 bridgehead atoms. The van der Waals surface area contributed by atoms with Crippen molar-refractivity contribution in [3.63, 3.8) is 0 Å². The van der Waals surface area contributed by atoms with Crippen LogP contribution in [0.25, 0.3) is 0 Å². The number of nitrogen functional groups attached to an aromatic ring is 1. The number of thiophene rings is 1. The van der Waals surface area contributed by atoms with Crippen LogP contribution in [0.4, 0.5) is 10.7 Å². The molecule has 102 valence electrons. The lowest BCUT2D eigenvalue weighted by atomic mass is 10.1. The molecule has 0 aliphatic carbocycles. The highest BCUT2D eigenvalue weighted by Gasteiger charge is 2.09. The monoisotopic (exact) mass is 276 g/mol. The molecule has 1 atom stereocenters. The van der Waals surface area contributed by atoms with Crippen molar-refractivity contribution in [3.8, 4) is 0 Å². The number of aliphatic hydroxyl groups is 1. The summed E-state index contributed by atoms with van der Waals surface area (Å²) in [6.45, 7) is 2.19. The molecule has 3 nitrogen and oxygen atoms in total. The maximum atomic E-state index is 10.0. The third kappa shape index (κ3) is 3.98. The fraction of sp³-hybridized carbons (Fsp3) is 0.333. The summed E-state index contributed by atoms with van der Waals surface area (Å²) in [4.78, 5) is 0.826. The summed E-state index contributed by atoms with van der Waals surface area (Å²) >= 11 is 1.39. The van der Waals surface area contributed by atoms with E-state index in [-0.39, 0.29) is 0 Å². The third-order valence-corrected chi connectivity index (χ3v) is 3.96. The molecule has 4 heteroatoms. The van der Waals surface area contributed by atoms with Gasteiger partial charge in [-0.3, -0.25) is 0 Å². The number of aliphatic hydroxyl groups excluding tert-OH is 1. The first-order valence-electron chi connectivity index (χ1n) is 6.58. The molecule has 1 aromatic carbocycles. The molecule has 0 aliphatic heterocycles. The second kappa shape index (κ2) is 6.59. The number of aryl methyl sites for hydroxylation is 1. The van der Waals surface area contributed by atoms with Gasteiger partial charge in [-0.1, -0.05) is 25.5 Å². The number of anilines is 2. The van der Waals surface area contributed by atoms with E-state index in [1.165, 1.54) is 29.7 Å². The van der Waals surface area contributed by atoms with Gasteiger partial charge in [0.2, 0.25) is 0 Å². The second-order valence-corrected chi connectivity index (χ2v) is 5.73. The van der Waals surface area contributed by atoms with Gasteiger partial charge in [0.25, 0.3) is 0 Å². The highest BCUT2D eigenvalue weighted by molar-refractivity contribution is 7.15. The first-order valence-corrected chi connectivity index (χ1v) is 7.39. The average Bonchev–Trinajstić information content (AvgIpc) is 2.85. The molecule has 0 aliphatic rings. The Kier molecular flexibility index (Phi) is 4.82. The molecule has 0 saturated carbocycles. The van der Waals surface area contributed by atoms with Gasteiger partial charge in [0.15, 0.2) is 6.23 Å². The van der Waals surface area contributed by atoms with Crippen molar-refractivity contribution < 1.29 is 5.11 Å². The largest absolute Gasteiger partial charge is 0.391 e. The molecule has 1 unspecified atom stereocenters. The van der Waals surface area contributed by atoms with Crippen molar-refractivity contribution in [1.82, 2.24) is 0 Å². The van der Waals surface area contributed by atoms with E-state index in [1.54, 1.807) is 6.07 Å². The Labute approximate surface area is 118 Å². The summed E-state index contributed by atoms with van der Waals surface area (Å²) in [5.41, 5.74) is 7.91. The summed E-state index contributed by atoms with van der Waals surface area (Å²) in [5, 5.41) is 13.8. The van der Waals surface area contributed by atoms with Crippen molar-refractivity contribution in [2.45, 2.75) is 32.4 Å². The van der Waals surface area contributed by atoms with Gasteiger partial charge in [0, 0.05) is 5.69 Å². The molecule has 1 aromatic heterocycles. The Hall–Kier alpha value is -1.52. The lowest BCUT2D eigenvalue weighted by Gasteiger charge is -2.13. The van der Waals surface area contributed by atoms with E-state index in [0.29, 0.717) is 5.00 Å². The van der Waals surface area contributed by atoms with Gasteiger partial charge in [0.05, 0.1) is 9.88 Å². The van der Waals surface area contributed by atoms with E-state index in [4.69, 9.17) is 5.73 Å². The molecule has 19 heavy (non-hydrogen) atoms. The number of hydrogen-bond donors (Lipinski definition) is 3. The molecule has 0 saturated heterocycles. The Balaban J connectivity index is 1.95. The van der Waals surface area contributed by atoms with Gasteiger partial charge in [-0.15, -0.1) is 11.3 Å². The van der Waals surface area contributed by atoms with Gasteiger partial charge in [-0.05, 0) is 42.7 Å². The van der Waals surface area contributed by atoms with Gasteiger partial charge < -0.3 is 16.2 Å². The van der Waals surface area contributed by atoms with Crippen molar-refractivity contribution >= 4 is 22.0 Å². The van der Waals surface area contributed by atoms with E-state index in [1.807, 2.05) is 18.2 Å². The molecular formula is C15H20N2OS. The van der Waals surface area contributed by atoms with Gasteiger partial charge in [-0.25, -0.2) is 0 Å². The first kappa shape index (κ1) is 13.9. The molecule has 1 heterocycles. The minimum atomic E-state index is -0.705.